The first-order valence-electron chi connectivity index (χ1n) is 8.22. The lowest BCUT2D eigenvalue weighted by Gasteiger charge is -2.28. The summed E-state index contributed by atoms with van der Waals surface area (Å²) in [4.78, 5) is 3.76. The minimum Gasteiger partial charge on any atom is -0.320 e. The number of rotatable bonds is 4. The van der Waals surface area contributed by atoms with Crippen molar-refractivity contribution in [1.82, 2.24) is 14.9 Å². The number of nitrogens with one attached hydrogen (secondary N) is 1. The highest BCUT2D eigenvalue weighted by Gasteiger charge is 2.42. The Kier molecular flexibility index (Phi) is 5.49. The second-order valence-corrected chi connectivity index (χ2v) is 7.00. The minimum atomic E-state index is -4.56. The van der Waals surface area contributed by atoms with Gasteiger partial charge >= 0.3 is 12.4 Å². The number of aryl methyl sites for hydroxylation is 1. The van der Waals surface area contributed by atoms with Crippen molar-refractivity contribution < 1.29 is 26.3 Å². The van der Waals surface area contributed by atoms with Gasteiger partial charge < -0.3 is 9.88 Å². The molecule has 0 saturated carbocycles. The standard InChI is InChI=1S/C17H17F6N3S/c1-27-15-25-14(17(21,22)23)13-12(24-8-9-26(13)15)7-4-10-2-5-11(6-3-10)16(18,19)20/h2-3,5-6,12,24H,4,7-9H2,1H3. The van der Waals surface area contributed by atoms with Gasteiger partial charge in [-0.25, -0.2) is 4.98 Å². The van der Waals surface area contributed by atoms with E-state index in [1.165, 1.54) is 12.1 Å². The Morgan fingerprint density at radius 1 is 1.11 bits per heavy atom. The molecule has 0 aliphatic carbocycles. The van der Waals surface area contributed by atoms with Gasteiger partial charge in [0.1, 0.15) is 0 Å². The molecule has 2 heterocycles. The molecule has 27 heavy (non-hydrogen) atoms. The second kappa shape index (κ2) is 7.38. The van der Waals surface area contributed by atoms with E-state index in [-0.39, 0.29) is 5.69 Å². The van der Waals surface area contributed by atoms with E-state index in [9.17, 15) is 26.3 Å². The van der Waals surface area contributed by atoms with E-state index in [0.717, 1.165) is 23.9 Å². The van der Waals surface area contributed by atoms with Crippen LogP contribution >= 0.6 is 11.8 Å². The molecule has 0 amide bonds. The average Bonchev–Trinajstić information content (AvgIpc) is 2.99. The van der Waals surface area contributed by atoms with E-state index in [0.29, 0.717) is 36.7 Å². The molecule has 2 aromatic rings. The maximum atomic E-state index is 13.4. The molecular weight excluding hydrogens is 392 g/mol. The molecule has 1 atom stereocenters. The maximum absolute atomic E-state index is 13.4. The highest BCUT2D eigenvalue weighted by molar-refractivity contribution is 7.98. The molecule has 3 nitrogen and oxygen atoms in total. The summed E-state index contributed by atoms with van der Waals surface area (Å²) < 4.78 is 79.7. The van der Waals surface area contributed by atoms with Crippen LogP contribution in [0.3, 0.4) is 0 Å². The lowest BCUT2D eigenvalue weighted by Crippen LogP contribution is -2.35. The number of thioether (sulfide) groups is 1. The molecule has 1 aromatic heterocycles. The van der Waals surface area contributed by atoms with Crippen molar-refractivity contribution in [3.05, 3.63) is 46.8 Å². The molecule has 0 spiro atoms. The molecule has 0 fully saturated rings. The van der Waals surface area contributed by atoms with Crippen molar-refractivity contribution >= 4 is 11.8 Å². The summed E-state index contributed by atoms with van der Waals surface area (Å²) in [5, 5.41) is 3.40. The van der Waals surface area contributed by atoms with E-state index in [1.54, 1.807) is 10.8 Å². The van der Waals surface area contributed by atoms with Crippen LogP contribution in [0.4, 0.5) is 26.3 Å². The largest absolute Gasteiger partial charge is 0.435 e. The van der Waals surface area contributed by atoms with Crippen molar-refractivity contribution in [3.8, 4) is 0 Å². The van der Waals surface area contributed by atoms with Gasteiger partial charge in [0, 0.05) is 13.1 Å². The molecule has 3 rings (SSSR count). The summed E-state index contributed by atoms with van der Waals surface area (Å²) in [6, 6.07) is 4.13. The minimum absolute atomic E-state index is 0.102. The van der Waals surface area contributed by atoms with Crippen molar-refractivity contribution in [1.29, 1.82) is 0 Å². The van der Waals surface area contributed by atoms with Crippen LogP contribution in [0.25, 0.3) is 0 Å². The molecule has 1 aliphatic heterocycles. The van der Waals surface area contributed by atoms with Gasteiger partial charge in [-0.05, 0) is 36.8 Å². The number of nitrogens with zero attached hydrogens (tertiary/aromatic N) is 2. The average molecular weight is 409 g/mol. The molecular formula is C17H17F6N3S. The number of hydrogen-bond donors (Lipinski definition) is 1. The highest BCUT2D eigenvalue weighted by atomic mass is 32.2. The van der Waals surface area contributed by atoms with Gasteiger partial charge in [-0.3, -0.25) is 0 Å². The molecule has 0 radical (unpaired) electrons. The Hall–Kier alpha value is -1.68. The Morgan fingerprint density at radius 2 is 1.78 bits per heavy atom. The lowest BCUT2D eigenvalue weighted by molar-refractivity contribution is -0.142. The first-order chi connectivity index (χ1) is 12.6. The Labute approximate surface area is 156 Å². The van der Waals surface area contributed by atoms with Gasteiger partial charge in [0.15, 0.2) is 10.9 Å². The van der Waals surface area contributed by atoms with Gasteiger partial charge in [0.25, 0.3) is 0 Å². The predicted molar refractivity (Wildman–Crippen MR) is 89.5 cm³/mol. The van der Waals surface area contributed by atoms with Crippen LogP contribution in [0.5, 0.6) is 0 Å². The normalized spacial score (nSPS) is 17.8. The summed E-state index contributed by atoms with van der Waals surface area (Å²) in [5.41, 5.74) is -0.898. The zero-order valence-electron chi connectivity index (χ0n) is 14.3. The maximum Gasteiger partial charge on any atom is 0.435 e. The number of hydrogen-bond acceptors (Lipinski definition) is 3. The number of halogens is 6. The molecule has 10 heteroatoms. The quantitative estimate of drug-likeness (QED) is 0.574. The monoisotopic (exact) mass is 409 g/mol. The smallest absolute Gasteiger partial charge is 0.320 e. The third-order valence-electron chi connectivity index (χ3n) is 4.48. The van der Waals surface area contributed by atoms with Crippen LogP contribution in [-0.2, 0) is 25.3 Å². The van der Waals surface area contributed by atoms with E-state index in [4.69, 9.17) is 0 Å². The summed E-state index contributed by atoms with van der Waals surface area (Å²) in [6.07, 6.45) is -6.61. The van der Waals surface area contributed by atoms with Gasteiger partial charge in [-0.1, -0.05) is 23.9 Å². The molecule has 1 aromatic carbocycles. The van der Waals surface area contributed by atoms with Crippen molar-refractivity contribution in [3.63, 3.8) is 0 Å². The van der Waals surface area contributed by atoms with E-state index < -0.39 is 29.7 Å². The van der Waals surface area contributed by atoms with Crippen molar-refractivity contribution in [2.45, 2.75) is 42.9 Å². The summed E-state index contributed by atoms with van der Waals surface area (Å²) in [5.74, 6) is 0. The van der Waals surface area contributed by atoms with Gasteiger partial charge in [0.05, 0.1) is 17.3 Å². The number of aromatic nitrogens is 2. The number of alkyl halides is 6. The third kappa shape index (κ3) is 4.26. The highest BCUT2D eigenvalue weighted by Crippen LogP contribution is 2.39. The fraction of sp³-hybridized carbons (Fsp3) is 0.471. The Bertz CT molecular complexity index is 795. The van der Waals surface area contributed by atoms with Crippen LogP contribution in [0.15, 0.2) is 29.4 Å². The van der Waals surface area contributed by atoms with Crippen LogP contribution in [-0.4, -0.2) is 22.4 Å². The van der Waals surface area contributed by atoms with Crippen LogP contribution in [0.2, 0.25) is 0 Å². The first kappa shape index (κ1) is 20.1. The fourth-order valence-electron chi connectivity index (χ4n) is 3.24. The Balaban J connectivity index is 1.81. The van der Waals surface area contributed by atoms with Crippen LogP contribution in [0, 0.1) is 0 Å². The Morgan fingerprint density at radius 3 is 2.33 bits per heavy atom. The molecule has 0 bridgehead atoms. The van der Waals surface area contributed by atoms with Gasteiger partial charge in [0.2, 0.25) is 0 Å². The summed E-state index contributed by atoms with van der Waals surface area (Å²) >= 11 is 1.16. The molecule has 1 unspecified atom stereocenters. The predicted octanol–water partition coefficient (Wildman–Crippen LogP) is 4.92. The second-order valence-electron chi connectivity index (χ2n) is 6.22. The zero-order chi connectivity index (χ0) is 19.8. The lowest BCUT2D eigenvalue weighted by atomic mass is 9.99. The van der Waals surface area contributed by atoms with E-state index in [1.807, 2.05) is 0 Å². The van der Waals surface area contributed by atoms with E-state index >= 15 is 0 Å². The molecule has 0 saturated heterocycles. The summed E-state index contributed by atoms with van der Waals surface area (Å²) in [6.45, 7) is 0.900. The van der Waals surface area contributed by atoms with Crippen molar-refractivity contribution in [2.75, 3.05) is 12.8 Å². The number of benzene rings is 1. The van der Waals surface area contributed by atoms with Gasteiger partial charge in [-0.2, -0.15) is 26.3 Å². The van der Waals surface area contributed by atoms with Crippen LogP contribution < -0.4 is 5.32 Å². The summed E-state index contributed by atoms with van der Waals surface area (Å²) in [7, 11) is 0. The SMILES string of the molecule is CSc1nc(C(F)(F)F)c2n1CCNC2CCc1ccc(C(F)(F)F)cc1. The molecule has 148 valence electrons. The van der Waals surface area contributed by atoms with Crippen molar-refractivity contribution in [2.24, 2.45) is 0 Å². The number of fused-ring (bicyclic) bond motifs is 1. The van der Waals surface area contributed by atoms with Crippen LogP contribution in [0.1, 0.15) is 35.0 Å². The zero-order valence-corrected chi connectivity index (χ0v) is 15.1. The third-order valence-corrected chi connectivity index (χ3v) is 5.16. The van der Waals surface area contributed by atoms with E-state index in [2.05, 4.69) is 10.3 Å². The van der Waals surface area contributed by atoms with Gasteiger partial charge in [-0.15, -0.1) is 0 Å². The fourth-order valence-corrected chi connectivity index (χ4v) is 3.83. The molecule has 1 N–H and O–H groups in total. The topological polar surface area (TPSA) is 29.9 Å². The first-order valence-corrected chi connectivity index (χ1v) is 9.45. The number of imidazole rings is 1. The molecule has 1 aliphatic rings.